The third-order valence-corrected chi connectivity index (χ3v) is 5.31. The van der Waals surface area contributed by atoms with Crippen molar-refractivity contribution in [1.29, 1.82) is 5.41 Å². The molecule has 0 radical (unpaired) electrons. The van der Waals surface area contributed by atoms with Crippen LogP contribution >= 0.6 is 0 Å². The van der Waals surface area contributed by atoms with Crippen molar-refractivity contribution in [3.8, 4) is 5.75 Å². The molecule has 1 unspecified atom stereocenters. The van der Waals surface area contributed by atoms with Gasteiger partial charge in [0.05, 0.1) is 24.6 Å². The Bertz CT molecular complexity index is 1270. The van der Waals surface area contributed by atoms with Crippen LogP contribution in [0.1, 0.15) is 22.4 Å². The second-order valence-corrected chi connectivity index (χ2v) is 7.83. The van der Waals surface area contributed by atoms with Gasteiger partial charge in [0.1, 0.15) is 35.5 Å². The minimum atomic E-state index is -4.75. The highest BCUT2D eigenvalue weighted by Crippen LogP contribution is 2.46. The summed E-state index contributed by atoms with van der Waals surface area (Å²) in [6.45, 7) is -1.76. The number of benzene rings is 2. The smallest absolute Gasteiger partial charge is 0.416 e. The van der Waals surface area contributed by atoms with Gasteiger partial charge in [0.15, 0.2) is 5.60 Å². The highest BCUT2D eigenvalue weighted by molar-refractivity contribution is 5.50. The van der Waals surface area contributed by atoms with E-state index < -0.39 is 65.1 Å². The zero-order valence-electron chi connectivity index (χ0n) is 18.5. The topological polar surface area (TPSA) is 95.5 Å². The quantitative estimate of drug-likeness (QED) is 0.120. The summed E-state index contributed by atoms with van der Waals surface area (Å²) < 4.78 is 116. The molecule has 0 amide bonds. The van der Waals surface area contributed by atoms with Crippen LogP contribution in [0.5, 0.6) is 5.75 Å². The van der Waals surface area contributed by atoms with Gasteiger partial charge >= 0.3 is 12.1 Å². The molecule has 0 saturated heterocycles. The summed E-state index contributed by atoms with van der Waals surface area (Å²) in [5, 5.41) is 18.4. The maximum absolute atomic E-state index is 15.5. The molecule has 3 aromatic rings. The first-order chi connectivity index (χ1) is 17.2. The van der Waals surface area contributed by atoms with E-state index in [1.807, 2.05) is 0 Å². The molecule has 0 aliphatic carbocycles. The second kappa shape index (κ2) is 10.3. The van der Waals surface area contributed by atoms with Gasteiger partial charge in [0.25, 0.3) is 0 Å². The summed E-state index contributed by atoms with van der Waals surface area (Å²) in [6, 6.07) is 4.98. The largest absolute Gasteiger partial charge is 0.487 e. The molecule has 0 spiro atoms. The van der Waals surface area contributed by atoms with Gasteiger partial charge in [-0.15, -0.1) is 0 Å². The molecule has 0 bridgehead atoms. The lowest BCUT2D eigenvalue weighted by atomic mass is 9.84. The van der Waals surface area contributed by atoms with E-state index in [1.165, 1.54) is 0 Å². The van der Waals surface area contributed by atoms with Gasteiger partial charge in [-0.25, -0.2) is 19.0 Å². The molecule has 0 saturated carbocycles. The number of halogens is 8. The molecule has 0 aliphatic heterocycles. The van der Waals surface area contributed by atoms with Crippen LogP contribution in [0.25, 0.3) is 0 Å². The number of alkyl halides is 5. The number of rotatable bonds is 9. The number of nitrogens with one attached hydrogen (secondary N) is 1. The van der Waals surface area contributed by atoms with Gasteiger partial charge in [0, 0.05) is 17.2 Å². The molecule has 0 aliphatic rings. The van der Waals surface area contributed by atoms with Crippen LogP contribution < -0.4 is 10.6 Å². The van der Waals surface area contributed by atoms with Crippen molar-refractivity contribution in [2.24, 2.45) is 5.84 Å². The van der Waals surface area contributed by atoms with E-state index in [0.717, 1.165) is 18.3 Å². The number of pyridine rings is 1. The number of aromatic nitrogens is 1. The van der Waals surface area contributed by atoms with Crippen LogP contribution in [-0.2, 0) is 24.3 Å². The molecule has 0 fully saturated rings. The van der Waals surface area contributed by atoms with Crippen molar-refractivity contribution in [2.45, 2.75) is 24.3 Å². The average Bonchev–Trinajstić information content (AvgIpc) is 2.82. The molecule has 2 aromatic carbocycles. The highest BCUT2D eigenvalue weighted by Gasteiger charge is 2.58. The number of ether oxygens (including phenoxy) is 1. The first-order valence-corrected chi connectivity index (χ1v) is 10.2. The first kappa shape index (κ1) is 27.8. The molecule has 14 heteroatoms. The Kier molecular flexibility index (Phi) is 7.74. The Morgan fingerprint density at radius 1 is 0.973 bits per heavy atom. The lowest BCUT2D eigenvalue weighted by molar-refractivity contribution is -0.203. The van der Waals surface area contributed by atoms with E-state index in [9.17, 15) is 31.4 Å². The number of hydrogen-bond acceptors (Lipinski definition) is 5. The molecular weight excluding hydrogens is 516 g/mol. The van der Waals surface area contributed by atoms with Crippen LogP contribution in [0.2, 0.25) is 0 Å². The summed E-state index contributed by atoms with van der Waals surface area (Å²) in [5.74, 6) is -2.95. The van der Waals surface area contributed by atoms with E-state index in [-0.39, 0.29) is 23.4 Å². The Labute approximate surface area is 204 Å². The molecule has 1 atom stereocenters. The van der Waals surface area contributed by atoms with E-state index in [0.29, 0.717) is 35.6 Å². The maximum Gasteiger partial charge on any atom is 0.416 e. The SMILES string of the molecule is N=CN(N)CC(O)(c1ccc(F)cc1F)C(F)(F)c1ccc(OCc2ccc(C(F)(F)F)cc2F)cn1. The number of nitrogens with zero attached hydrogens (tertiary/aromatic N) is 2. The molecule has 198 valence electrons. The summed E-state index contributed by atoms with van der Waals surface area (Å²) in [5.41, 5.74) is -6.99. The Morgan fingerprint density at radius 2 is 1.68 bits per heavy atom. The zero-order valence-corrected chi connectivity index (χ0v) is 18.5. The maximum atomic E-state index is 15.5. The predicted octanol–water partition coefficient (Wildman–Crippen LogP) is 4.86. The molecule has 37 heavy (non-hydrogen) atoms. The summed E-state index contributed by atoms with van der Waals surface area (Å²) >= 11 is 0. The lowest BCUT2D eigenvalue weighted by Gasteiger charge is -2.37. The first-order valence-electron chi connectivity index (χ1n) is 10.2. The predicted molar refractivity (Wildman–Crippen MR) is 114 cm³/mol. The van der Waals surface area contributed by atoms with E-state index in [1.54, 1.807) is 0 Å². The monoisotopic (exact) mass is 534 g/mol. The van der Waals surface area contributed by atoms with Crippen LogP contribution in [0.4, 0.5) is 35.1 Å². The minimum Gasteiger partial charge on any atom is -0.487 e. The molecule has 3 rings (SSSR count). The third kappa shape index (κ3) is 5.80. The van der Waals surface area contributed by atoms with E-state index >= 15 is 8.78 Å². The Hall–Kier alpha value is -3.78. The standard InChI is InChI=1S/C23H18F8N4O2/c24-15-3-5-17(19(26)8-15)21(36,11-35(33)12-32)22(27,28)20-6-4-16(9-34-20)37-10-13-1-2-14(7-18(13)25)23(29,30)31/h1-9,12,32,36H,10-11,33H2. The van der Waals surface area contributed by atoms with E-state index in [4.69, 9.17) is 16.0 Å². The zero-order chi connectivity index (χ0) is 27.6. The van der Waals surface area contributed by atoms with Crippen molar-refractivity contribution in [1.82, 2.24) is 9.99 Å². The van der Waals surface area contributed by atoms with Crippen LogP contribution in [0.15, 0.2) is 54.7 Å². The Morgan fingerprint density at radius 3 is 2.22 bits per heavy atom. The van der Waals surface area contributed by atoms with Gasteiger partial charge in [-0.1, -0.05) is 6.07 Å². The molecule has 4 N–H and O–H groups in total. The third-order valence-electron chi connectivity index (χ3n) is 5.31. The number of aliphatic hydroxyl groups is 1. The Balaban J connectivity index is 1.87. The second-order valence-electron chi connectivity index (χ2n) is 7.83. The van der Waals surface area contributed by atoms with Gasteiger partial charge in [-0.3, -0.25) is 15.4 Å². The van der Waals surface area contributed by atoms with Crippen molar-refractivity contribution >= 4 is 6.34 Å². The average molecular weight is 534 g/mol. The fourth-order valence-corrected chi connectivity index (χ4v) is 3.35. The molecule has 6 nitrogen and oxygen atoms in total. The minimum absolute atomic E-state index is 0.185. The van der Waals surface area contributed by atoms with E-state index in [2.05, 4.69) is 4.98 Å². The van der Waals surface area contributed by atoms with Crippen molar-refractivity contribution < 1.29 is 45.0 Å². The van der Waals surface area contributed by atoms with Crippen LogP contribution in [0, 0.1) is 22.9 Å². The van der Waals surface area contributed by atoms with Gasteiger partial charge in [-0.2, -0.15) is 22.0 Å². The normalized spacial score (nSPS) is 13.7. The fourth-order valence-electron chi connectivity index (χ4n) is 3.35. The number of hydrogen-bond donors (Lipinski definition) is 3. The summed E-state index contributed by atoms with van der Waals surface area (Å²) in [6.07, 6.45) is -3.58. The summed E-state index contributed by atoms with van der Waals surface area (Å²) in [4.78, 5) is 3.51. The van der Waals surface area contributed by atoms with Crippen molar-refractivity contribution in [2.75, 3.05) is 6.54 Å². The van der Waals surface area contributed by atoms with Gasteiger partial charge in [-0.05, 0) is 36.4 Å². The number of nitrogens with two attached hydrogens (primary N) is 1. The van der Waals surface area contributed by atoms with Gasteiger partial charge < -0.3 is 9.84 Å². The van der Waals surface area contributed by atoms with Crippen LogP contribution in [0.3, 0.4) is 0 Å². The fraction of sp³-hybridized carbons (Fsp3) is 0.217. The van der Waals surface area contributed by atoms with Gasteiger partial charge in [0.2, 0.25) is 0 Å². The molecule has 1 heterocycles. The molecule has 1 aromatic heterocycles. The van der Waals surface area contributed by atoms with Crippen molar-refractivity contribution in [3.05, 3.63) is 94.6 Å². The summed E-state index contributed by atoms with van der Waals surface area (Å²) in [7, 11) is 0. The molecular formula is C23H18F8N4O2. The van der Waals surface area contributed by atoms with Crippen LogP contribution in [-0.4, -0.2) is 28.0 Å². The van der Waals surface area contributed by atoms with Crippen molar-refractivity contribution in [3.63, 3.8) is 0 Å². The lowest BCUT2D eigenvalue weighted by Crippen LogP contribution is -2.53. The highest BCUT2D eigenvalue weighted by atomic mass is 19.4. The number of hydrazine groups is 1.